The van der Waals surface area contributed by atoms with Gasteiger partial charge >= 0.3 is 0 Å². The van der Waals surface area contributed by atoms with Crippen LogP contribution in [0.3, 0.4) is 0 Å². The molecule has 2 N–H and O–H groups in total. The molecule has 2 aromatic rings. The Bertz CT molecular complexity index is 639. The number of rotatable bonds is 6. The first-order valence-corrected chi connectivity index (χ1v) is 7.41. The van der Waals surface area contributed by atoms with Crippen LogP contribution in [0.25, 0.3) is 0 Å². The van der Waals surface area contributed by atoms with Crippen molar-refractivity contribution in [1.82, 2.24) is 10.6 Å². The fourth-order valence-corrected chi connectivity index (χ4v) is 2.02. The standard InChI is InChI=1S/C18H20N2O2/c1-2-11-19-17(21)15-9-6-10-16(12-15)18(22)20-13-14-7-4-3-5-8-14/h3-10,12H,2,11,13H2,1H3,(H,19,21)(H,20,22). The number of carbonyl (C=O) groups excluding carboxylic acids is 2. The van der Waals surface area contributed by atoms with Crippen LogP contribution in [0.5, 0.6) is 0 Å². The van der Waals surface area contributed by atoms with Gasteiger partial charge in [-0.3, -0.25) is 9.59 Å². The largest absolute Gasteiger partial charge is 0.352 e. The van der Waals surface area contributed by atoms with Crippen molar-refractivity contribution in [2.75, 3.05) is 6.54 Å². The van der Waals surface area contributed by atoms with Gasteiger partial charge in [-0.25, -0.2) is 0 Å². The third-order valence-electron chi connectivity index (χ3n) is 3.22. The molecular formula is C18H20N2O2. The van der Waals surface area contributed by atoms with Gasteiger partial charge in [0.1, 0.15) is 0 Å². The lowest BCUT2D eigenvalue weighted by Gasteiger charge is -2.07. The summed E-state index contributed by atoms with van der Waals surface area (Å²) in [7, 11) is 0. The van der Waals surface area contributed by atoms with E-state index in [4.69, 9.17) is 0 Å². The maximum Gasteiger partial charge on any atom is 0.251 e. The van der Waals surface area contributed by atoms with Gasteiger partial charge in [-0.2, -0.15) is 0 Å². The molecule has 0 radical (unpaired) electrons. The van der Waals surface area contributed by atoms with Crippen molar-refractivity contribution >= 4 is 11.8 Å². The number of carbonyl (C=O) groups is 2. The van der Waals surface area contributed by atoms with Crippen LogP contribution in [0.15, 0.2) is 54.6 Å². The Morgan fingerprint density at radius 3 is 2.14 bits per heavy atom. The van der Waals surface area contributed by atoms with Crippen LogP contribution < -0.4 is 10.6 Å². The third-order valence-corrected chi connectivity index (χ3v) is 3.22. The van der Waals surface area contributed by atoms with Gasteiger partial charge in [0.2, 0.25) is 0 Å². The second-order valence-corrected chi connectivity index (χ2v) is 5.00. The smallest absolute Gasteiger partial charge is 0.251 e. The normalized spacial score (nSPS) is 10.0. The fourth-order valence-electron chi connectivity index (χ4n) is 2.02. The minimum Gasteiger partial charge on any atom is -0.352 e. The molecule has 0 atom stereocenters. The summed E-state index contributed by atoms with van der Waals surface area (Å²) in [6.45, 7) is 3.09. The van der Waals surface area contributed by atoms with Gasteiger partial charge in [0.25, 0.3) is 11.8 Å². The van der Waals surface area contributed by atoms with E-state index in [1.807, 2.05) is 37.3 Å². The average Bonchev–Trinajstić information content (AvgIpc) is 2.58. The van der Waals surface area contributed by atoms with E-state index in [0.717, 1.165) is 12.0 Å². The van der Waals surface area contributed by atoms with E-state index >= 15 is 0 Å². The number of amides is 2. The lowest BCUT2D eigenvalue weighted by Crippen LogP contribution is -2.26. The maximum absolute atomic E-state index is 12.2. The van der Waals surface area contributed by atoms with Gasteiger partial charge in [-0.15, -0.1) is 0 Å². The first-order valence-electron chi connectivity index (χ1n) is 7.41. The van der Waals surface area contributed by atoms with Gasteiger partial charge in [0, 0.05) is 24.2 Å². The van der Waals surface area contributed by atoms with Crippen LogP contribution >= 0.6 is 0 Å². The maximum atomic E-state index is 12.2. The molecule has 0 aliphatic carbocycles. The highest BCUT2D eigenvalue weighted by molar-refractivity contribution is 5.99. The van der Waals surface area contributed by atoms with E-state index in [1.165, 1.54) is 0 Å². The summed E-state index contributed by atoms with van der Waals surface area (Å²) in [6, 6.07) is 16.5. The van der Waals surface area contributed by atoms with Crippen molar-refractivity contribution < 1.29 is 9.59 Å². The topological polar surface area (TPSA) is 58.2 Å². The average molecular weight is 296 g/mol. The zero-order valence-electron chi connectivity index (χ0n) is 12.6. The van der Waals surface area contributed by atoms with Gasteiger partial charge in [0.05, 0.1) is 0 Å². The molecule has 4 nitrogen and oxygen atoms in total. The molecule has 0 saturated heterocycles. The molecule has 0 heterocycles. The summed E-state index contributed by atoms with van der Waals surface area (Å²) >= 11 is 0. The molecule has 114 valence electrons. The van der Waals surface area contributed by atoms with E-state index in [-0.39, 0.29) is 11.8 Å². The molecular weight excluding hydrogens is 276 g/mol. The van der Waals surface area contributed by atoms with Crippen molar-refractivity contribution in [3.63, 3.8) is 0 Å². The Morgan fingerprint density at radius 2 is 1.50 bits per heavy atom. The summed E-state index contributed by atoms with van der Waals surface area (Å²) in [5.41, 5.74) is 2.02. The fraction of sp³-hybridized carbons (Fsp3) is 0.222. The molecule has 22 heavy (non-hydrogen) atoms. The Balaban J connectivity index is 1.99. The van der Waals surface area contributed by atoms with Gasteiger partial charge < -0.3 is 10.6 Å². The zero-order valence-corrected chi connectivity index (χ0v) is 12.6. The predicted octanol–water partition coefficient (Wildman–Crippen LogP) is 2.76. The van der Waals surface area contributed by atoms with Crippen molar-refractivity contribution in [2.24, 2.45) is 0 Å². The molecule has 0 aliphatic heterocycles. The Labute approximate surface area is 130 Å². The SMILES string of the molecule is CCCNC(=O)c1cccc(C(=O)NCc2ccccc2)c1. The van der Waals surface area contributed by atoms with Gasteiger partial charge in [-0.05, 0) is 30.2 Å². The number of hydrogen-bond acceptors (Lipinski definition) is 2. The highest BCUT2D eigenvalue weighted by atomic mass is 16.2. The quantitative estimate of drug-likeness (QED) is 0.861. The summed E-state index contributed by atoms with van der Waals surface area (Å²) in [6.07, 6.45) is 0.878. The van der Waals surface area contributed by atoms with Crippen LogP contribution in [0.2, 0.25) is 0 Å². The van der Waals surface area contributed by atoms with Crippen LogP contribution in [0, 0.1) is 0 Å². The van der Waals surface area contributed by atoms with Crippen molar-refractivity contribution in [1.29, 1.82) is 0 Å². The van der Waals surface area contributed by atoms with E-state index in [0.29, 0.717) is 24.2 Å². The molecule has 2 rings (SSSR count). The summed E-state index contributed by atoms with van der Waals surface area (Å²) < 4.78 is 0. The Morgan fingerprint density at radius 1 is 0.864 bits per heavy atom. The van der Waals surface area contributed by atoms with E-state index in [2.05, 4.69) is 10.6 Å². The molecule has 4 heteroatoms. The van der Waals surface area contributed by atoms with Gasteiger partial charge in [0.15, 0.2) is 0 Å². The molecule has 0 spiro atoms. The van der Waals surface area contributed by atoms with Crippen molar-refractivity contribution in [3.05, 3.63) is 71.3 Å². The molecule has 2 aromatic carbocycles. The van der Waals surface area contributed by atoms with Gasteiger partial charge in [-0.1, -0.05) is 43.3 Å². The minimum atomic E-state index is -0.186. The summed E-state index contributed by atoms with van der Waals surface area (Å²) in [5, 5.41) is 5.66. The monoisotopic (exact) mass is 296 g/mol. The molecule has 0 fully saturated rings. The Hall–Kier alpha value is -2.62. The van der Waals surface area contributed by atoms with E-state index in [1.54, 1.807) is 24.3 Å². The number of benzene rings is 2. The summed E-state index contributed by atoms with van der Waals surface area (Å²) in [4.78, 5) is 24.1. The second kappa shape index (κ2) is 7.98. The molecule has 0 unspecified atom stereocenters. The minimum absolute atomic E-state index is 0.153. The molecule has 0 aromatic heterocycles. The van der Waals surface area contributed by atoms with Crippen LogP contribution in [-0.2, 0) is 6.54 Å². The lowest BCUT2D eigenvalue weighted by molar-refractivity contribution is 0.0950. The van der Waals surface area contributed by atoms with Crippen molar-refractivity contribution in [3.8, 4) is 0 Å². The molecule has 0 bridgehead atoms. The molecule has 2 amide bonds. The van der Waals surface area contributed by atoms with Crippen molar-refractivity contribution in [2.45, 2.75) is 19.9 Å². The zero-order chi connectivity index (χ0) is 15.8. The summed E-state index contributed by atoms with van der Waals surface area (Å²) in [5.74, 6) is -0.339. The third kappa shape index (κ3) is 4.45. The lowest BCUT2D eigenvalue weighted by atomic mass is 10.1. The van der Waals surface area contributed by atoms with Crippen LogP contribution in [0.1, 0.15) is 39.6 Å². The Kier molecular flexibility index (Phi) is 5.72. The van der Waals surface area contributed by atoms with Crippen LogP contribution in [0.4, 0.5) is 0 Å². The first kappa shape index (κ1) is 15.8. The molecule has 0 aliphatic rings. The highest BCUT2D eigenvalue weighted by Crippen LogP contribution is 2.06. The first-order chi connectivity index (χ1) is 10.7. The second-order valence-electron chi connectivity index (χ2n) is 5.00. The number of hydrogen-bond donors (Lipinski definition) is 2. The predicted molar refractivity (Wildman–Crippen MR) is 86.7 cm³/mol. The molecule has 0 saturated carbocycles. The highest BCUT2D eigenvalue weighted by Gasteiger charge is 2.09. The van der Waals surface area contributed by atoms with E-state index < -0.39 is 0 Å². The van der Waals surface area contributed by atoms with E-state index in [9.17, 15) is 9.59 Å². The van der Waals surface area contributed by atoms with Crippen LogP contribution in [-0.4, -0.2) is 18.4 Å². The number of nitrogens with one attached hydrogen (secondary N) is 2.